The highest BCUT2D eigenvalue weighted by molar-refractivity contribution is 7.17. The van der Waals surface area contributed by atoms with Crippen molar-refractivity contribution in [1.82, 2.24) is 4.98 Å². The Balaban J connectivity index is 1.28. The quantitative estimate of drug-likeness (QED) is 0.219. The first-order valence-electron chi connectivity index (χ1n) is 12.9. The third-order valence-electron chi connectivity index (χ3n) is 7.37. The lowest BCUT2D eigenvalue weighted by atomic mass is 10.0. The monoisotopic (exact) mass is 519 g/mol. The molecular weight excluding hydrogens is 493 g/mol. The van der Waals surface area contributed by atoms with Crippen LogP contribution in [0.4, 0.5) is 15.9 Å². The molecule has 0 atom stereocenters. The van der Waals surface area contributed by atoms with Crippen molar-refractivity contribution in [3.63, 3.8) is 0 Å². The zero-order valence-electron chi connectivity index (χ0n) is 20.8. The number of anilines is 2. The number of rotatable bonds is 5. The summed E-state index contributed by atoms with van der Waals surface area (Å²) in [6, 6.07) is 30.0. The predicted octanol–water partition coefficient (Wildman–Crippen LogP) is 7.65. The number of aromatic nitrogens is 1. The van der Waals surface area contributed by atoms with Gasteiger partial charge >= 0.3 is 0 Å². The summed E-state index contributed by atoms with van der Waals surface area (Å²) in [5.41, 5.74) is 3.24. The van der Waals surface area contributed by atoms with E-state index in [9.17, 15) is 4.39 Å². The SMILES string of the molecule is Fc1ccc(N2CCN(c3nc4c5ccsc5ccc4c4ccc(OCc5ccccc5)cc34)CC2)cc1. The van der Waals surface area contributed by atoms with Crippen molar-refractivity contribution in [3.8, 4) is 5.75 Å². The van der Waals surface area contributed by atoms with Gasteiger partial charge in [-0.1, -0.05) is 36.4 Å². The number of ether oxygens (including phenoxy) is 1. The number of hydrogen-bond donors (Lipinski definition) is 0. The average Bonchev–Trinajstić information content (AvgIpc) is 3.46. The standard InChI is InChI=1S/C32H26FN3OS/c33-23-6-8-24(9-7-23)35-15-17-36(18-16-35)32-29-20-25(37-21-22-4-2-1-3-5-22)10-11-26(29)27-12-13-30-28(14-19-38-30)31(27)34-32/h1-14,19-20H,15-18,21H2. The molecule has 6 heteroatoms. The van der Waals surface area contributed by atoms with E-state index in [-0.39, 0.29) is 5.82 Å². The molecule has 188 valence electrons. The Labute approximate surface area is 224 Å². The molecule has 1 aliphatic heterocycles. The fraction of sp³-hybridized carbons (Fsp3) is 0.156. The summed E-state index contributed by atoms with van der Waals surface area (Å²) < 4.78 is 20.9. The molecule has 3 heterocycles. The molecule has 0 N–H and O–H groups in total. The van der Waals surface area contributed by atoms with Crippen LogP contribution in [0.5, 0.6) is 5.75 Å². The molecule has 38 heavy (non-hydrogen) atoms. The second-order valence-electron chi connectivity index (χ2n) is 9.66. The summed E-state index contributed by atoms with van der Waals surface area (Å²) in [5.74, 6) is 1.63. The molecule has 2 aromatic heterocycles. The maximum Gasteiger partial charge on any atom is 0.137 e. The highest BCUT2D eigenvalue weighted by atomic mass is 32.1. The van der Waals surface area contributed by atoms with Gasteiger partial charge in [-0.2, -0.15) is 0 Å². The number of halogens is 1. The second-order valence-corrected chi connectivity index (χ2v) is 10.6. The molecule has 1 fully saturated rings. The van der Waals surface area contributed by atoms with Crippen LogP contribution in [0.25, 0.3) is 31.8 Å². The Morgan fingerprint density at radius 1 is 0.737 bits per heavy atom. The first-order valence-corrected chi connectivity index (χ1v) is 13.8. The van der Waals surface area contributed by atoms with E-state index in [1.54, 1.807) is 11.3 Å². The lowest BCUT2D eigenvalue weighted by Crippen LogP contribution is -2.46. The van der Waals surface area contributed by atoms with Crippen LogP contribution in [-0.4, -0.2) is 31.2 Å². The zero-order valence-corrected chi connectivity index (χ0v) is 21.6. The molecule has 0 spiro atoms. The zero-order chi connectivity index (χ0) is 25.5. The Hall–Kier alpha value is -4.16. The lowest BCUT2D eigenvalue weighted by Gasteiger charge is -2.37. The number of benzene rings is 4. The molecule has 1 aliphatic rings. The third-order valence-corrected chi connectivity index (χ3v) is 8.25. The third kappa shape index (κ3) is 4.21. The molecule has 0 bridgehead atoms. The molecule has 0 unspecified atom stereocenters. The minimum atomic E-state index is -0.204. The summed E-state index contributed by atoms with van der Waals surface area (Å²) in [4.78, 5) is 10.00. The van der Waals surface area contributed by atoms with Crippen molar-refractivity contribution in [2.24, 2.45) is 0 Å². The fourth-order valence-electron chi connectivity index (χ4n) is 5.38. The number of fused-ring (bicyclic) bond motifs is 5. The van der Waals surface area contributed by atoms with Crippen molar-refractivity contribution in [2.45, 2.75) is 6.61 Å². The predicted molar refractivity (Wildman–Crippen MR) is 156 cm³/mol. The summed E-state index contributed by atoms with van der Waals surface area (Å²) in [6.07, 6.45) is 0. The van der Waals surface area contributed by atoms with E-state index < -0.39 is 0 Å². The van der Waals surface area contributed by atoms with Crippen molar-refractivity contribution in [2.75, 3.05) is 36.0 Å². The van der Waals surface area contributed by atoms with E-state index in [0.29, 0.717) is 6.61 Å². The normalized spacial score (nSPS) is 14.0. The Morgan fingerprint density at radius 2 is 1.50 bits per heavy atom. The van der Waals surface area contributed by atoms with Gasteiger partial charge < -0.3 is 14.5 Å². The highest BCUT2D eigenvalue weighted by Gasteiger charge is 2.22. The lowest BCUT2D eigenvalue weighted by molar-refractivity contribution is 0.306. The van der Waals surface area contributed by atoms with Crippen LogP contribution < -0.4 is 14.5 Å². The van der Waals surface area contributed by atoms with Gasteiger partial charge in [-0.3, -0.25) is 0 Å². The van der Waals surface area contributed by atoms with Gasteiger partial charge in [0, 0.05) is 52.7 Å². The van der Waals surface area contributed by atoms with E-state index >= 15 is 0 Å². The number of hydrogen-bond acceptors (Lipinski definition) is 5. The van der Waals surface area contributed by atoms with Crippen LogP contribution in [-0.2, 0) is 6.61 Å². The molecule has 0 amide bonds. The van der Waals surface area contributed by atoms with E-state index in [0.717, 1.165) is 65.3 Å². The number of thiophene rings is 1. The molecular formula is C32H26FN3OS. The number of piperazine rings is 1. The summed E-state index contributed by atoms with van der Waals surface area (Å²) in [6.45, 7) is 3.88. The van der Waals surface area contributed by atoms with Gasteiger partial charge in [0.15, 0.2) is 0 Å². The van der Waals surface area contributed by atoms with Crippen LogP contribution in [0.2, 0.25) is 0 Å². The Morgan fingerprint density at radius 3 is 2.32 bits per heavy atom. The van der Waals surface area contributed by atoms with Gasteiger partial charge in [-0.25, -0.2) is 9.37 Å². The first-order chi connectivity index (χ1) is 18.7. The molecule has 4 aromatic carbocycles. The van der Waals surface area contributed by atoms with Gasteiger partial charge in [-0.05, 0) is 70.9 Å². The van der Waals surface area contributed by atoms with Crippen LogP contribution >= 0.6 is 11.3 Å². The molecule has 7 rings (SSSR count). The Bertz CT molecular complexity index is 1740. The largest absolute Gasteiger partial charge is 0.489 e. The smallest absolute Gasteiger partial charge is 0.137 e. The van der Waals surface area contributed by atoms with Crippen LogP contribution in [0.1, 0.15) is 5.56 Å². The fourth-order valence-corrected chi connectivity index (χ4v) is 6.16. The molecule has 6 aromatic rings. The van der Waals surface area contributed by atoms with Gasteiger partial charge in [0.05, 0.1) is 5.52 Å². The number of nitrogens with zero attached hydrogens (tertiary/aromatic N) is 3. The minimum absolute atomic E-state index is 0.204. The minimum Gasteiger partial charge on any atom is -0.489 e. The average molecular weight is 520 g/mol. The summed E-state index contributed by atoms with van der Waals surface area (Å²) in [7, 11) is 0. The number of pyridine rings is 1. The van der Waals surface area contributed by atoms with Crippen molar-refractivity contribution >= 4 is 54.6 Å². The summed E-state index contributed by atoms with van der Waals surface area (Å²) in [5, 5.41) is 6.79. The van der Waals surface area contributed by atoms with Crippen molar-refractivity contribution in [1.29, 1.82) is 0 Å². The van der Waals surface area contributed by atoms with Gasteiger partial charge in [0.2, 0.25) is 0 Å². The van der Waals surface area contributed by atoms with E-state index in [1.807, 2.05) is 30.3 Å². The maximum absolute atomic E-state index is 13.4. The van der Waals surface area contributed by atoms with Crippen molar-refractivity contribution < 1.29 is 9.13 Å². The molecule has 0 aliphatic carbocycles. The topological polar surface area (TPSA) is 28.6 Å². The highest BCUT2D eigenvalue weighted by Crippen LogP contribution is 2.38. The van der Waals surface area contributed by atoms with Crippen LogP contribution in [0.15, 0.2) is 96.4 Å². The van der Waals surface area contributed by atoms with Gasteiger partial charge in [0.25, 0.3) is 0 Å². The summed E-state index contributed by atoms with van der Waals surface area (Å²) >= 11 is 1.75. The second kappa shape index (κ2) is 9.62. The van der Waals surface area contributed by atoms with E-state index in [4.69, 9.17) is 9.72 Å². The molecule has 4 nitrogen and oxygen atoms in total. The first kappa shape index (κ1) is 23.0. The van der Waals surface area contributed by atoms with E-state index in [2.05, 4.69) is 63.7 Å². The van der Waals surface area contributed by atoms with Crippen LogP contribution in [0.3, 0.4) is 0 Å². The molecule has 1 saturated heterocycles. The van der Waals surface area contributed by atoms with Gasteiger partial charge in [-0.15, -0.1) is 11.3 Å². The van der Waals surface area contributed by atoms with Gasteiger partial charge in [0.1, 0.15) is 24.0 Å². The molecule has 0 saturated carbocycles. The Kier molecular flexibility index (Phi) is 5.82. The molecule has 0 radical (unpaired) electrons. The van der Waals surface area contributed by atoms with Crippen LogP contribution in [0, 0.1) is 5.82 Å². The maximum atomic E-state index is 13.4. The van der Waals surface area contributed by atoms with E-state index in [1.165, 1.54) is 27.6 Å². The van der Waals surface area contributed by atoms with Crippen molar-refractivity contribution in [3.05, 3.63) is 108 Å².